The molecule has 0 bridgehead atoms. The van der Waals surface area contributed by atoms with Crippen LogP contribution < -0.4 is 11.1 Å². The number of nitrogens with one attached hydrogen (secondary N) is 1. The van der Waals surface area contributed by atoms with Crippen molar-refractivity contribution >= 4 is 35.6 Å². The van der Waals surface area contributed by atoms with E-state index in [0.717, 1.165) is 12.1 Å². The molecule has 0 aliphatic heterocycles. The minimum absolute atomic E-state index is 0. The van der Waals surface area contributed by atoms with E-state index in [9.17, 15) is 0 Å². The van der Waals surface area contributed by atoms with Crippen LogP contribution in [0.1, 0.15) is 24.1 Å². The van der Waals surface area contributed by atoms with Crippen molar-refractivity contribution in [1.82, 2.24) is 4.90 Å². The molecule has 1 unspecified atom stereocenters. The molecule has 0 heterocycles. The van der Waals surface area contributed by atoms with E-state index in [-0.39, 0.29) is 30.0 Å². The SMILES string of the molecule is CCc1ccc(NC(N)=NCC(c2ccccc2)N(C)C)cc1.I. The van der Waals surface area contributed by atoms with Crippen LogP contribution in [0.3, 0.4) is 0 Å². The molecule has 24 heavy (non-hydrogen) atoms. The molecule has 2 aromatic rings. The number of halogens is 1. The molecular weight excluding hydrogens is 411 g/mol. The third kappa shape index (κ3) is 6.13. The van der Waals surface area contributed by atoms with E-state index in [2.05, 4.69) is 60.5 Å². The summed E-state index contributed by atoms with van der Waals surface area (Å²) >= 11 is 0. The first-order valence-corrected chi connectivity index (χ1v) is 7.97. The van der Waals surface area contributed by atoms with Crippen LogP contribution in [-0.2, 0) is 6.42 Å². The van der Waals surface area contributed by atoms with E-state index in [1.165, 1.54) is 11.1 Å². The lowest BCUT2D eigenvalue weighted by molar-refractivity contribution is 0.306. The van der Waals surface area contributed by atoms with Crippen LogP contribution in [0.4, 0.5) is 5.69 Å². The van der Waals surface area contributed by atoms with Gasteiger partial charge in [0.05, 0.1) is 12.6 Å². The minimum atomic E-state index is 0. The summed E-state index contributed by atoms with van der Waals surface area (Å²) in [5.74, 6) is 0.442. The van der Waals surface area contributed by atoms with Crippen molar-refractivity contribution in [1.29, 1.82) is 0 Å². The number of benzene rings is 2. The molecular formula is C19H27IN4. The maximum atomic E-state index is 6.02. The molecule has 5 heteroatoms. The molecule has 0 spiro atoms. The Morgan fingerprint density at radius 3 is 2.25 bits per heavy atom. The molecule has 0 aliphatic rings. The number of rotatable bonds is 6. The molecule has 0 saturated carbocycles. The molecule has 130 valence electrons. The number of anilines is 1. The lowest BCUT2D eigenvalue weighted by Crippen LogP contribution is -2.27. The van der Waals surface area contributed by atoms with Gasteiger partial charge in [-0.1, -0.05) is 49.4 Å². The zero-order valence-corrected chi connectivity index (χ0v) is 16.9. The summed E-state index contributed by atoms with van der Waals surface area (Å²) in [6.07, 6.45) is 1.03. The fraction of sp³-hybridized carbons (Fsp3) is 0.316. The smallest absolute Gasteiger partial charge is 0.193 e. The highest BCUT2D eigenvalue weighted by atomic mass is 127. The van der Waals surface area contributed by atoms with E-state index in [4.69, 9.17) is 5.73 Å². The molecule has 1 atom stereocenters. The van der Waals surface area contributed by atoms with Gasteiger partial charge in [-0.3, -0.25) is 4.99 Å². The Morgan fingerprint density at radius 2 is 1.71 bits per heavy atom. The normalized spacial score (nSPS) is 12.6. The van der Waals surface area contributed by atoms with Gasteiger partial charge in [-0.05, 0) is 43.8 Å². The molecule has 0 amide bonds. The number of nitrogens with two attached hydrogens (primary N) is 1. The highest BCUT2D eigenvalue weighted by Crippen LogP contribution is 2.18. The summed E-state index contributed by atoms with van der Waals surface area (Å²) in [4.78, 5) is 6.66. The average molecular weight is 438 g/mol. The van der Waals surface area contributed by atoms with Gasteiger partial charge in [-0.15, -0.1) is 24.0 Å². The van der Waals surface area contributed by atoms with Crippen molar-refractivity contribution in [3.8, 4) is 0 Å². The van der Waals surface area contributed by atoms with Crippen molar-refractivity contribution < 1.29 is 0 Å². The number of aliphatic imine (C=N–C) groups is 1. The monoisotopic (exact) mass is 438 g/mol. The van der Waals surface area contributed by atoms with Crippen molar-refractivity contribution in [2.45, 2.75) is 19.4 Å². The van der Waals surface area contributed by atoms with Gasteiger partial charge in [-0.2, -0.15) is 0 Å². The first kappa shape index (κ1) is 20.4. The van der Waals surface area contributed by atoms with Crippen molar-refractivity contribution in [2.24, 2.45) is 10.7 Å². The van der Waals surface area contributed by atoms with Crippen molar-refractivity contribution in [3.05, 3.63) is 65.7 Å². The van der Waals surface area contributed by atoms with Crippen LogP contribution in [0, 0.1) is 0 Å². The van der Waals surface area contributed by atoms with Crippen LogP contribution in [0.2, 0.25) is 0 Å². The largest absolute Gasteiger partial charge is 0.370 e. The van der Waals surface area contributed by atoms with Gasteiger partial charge in [0.1, 0.15) is 0 Å². The Morgan fingerprint density at radius 1 is 1.08 bits per heavy atom. The highest BCUT2D eigenvalue weighted by Gasteiger charge is 2.13. The molecule has 4 nitrogen and oxygen atoms in total. The van der Waals surface area contributed by atoms with Crippen LogP contribution >= 0.6 is 24.0 Å². The average Bonchev–Trinajstić information content (AvgIpc) is 2.56. The molecule has 0 saturated heterocycles. The van der Waals surface area contributed by atoms with Crippen molar-refractivity contribution in [2.75, 3.05) is 26.0 Å². The lowest BCUT2D eigenvalue weighted by Gasteiger charge is -2.23. The van der Waals surface area contributed by atoms with Crippen LogP contribution in [0.5, 0.6) is 0 Å². The van der Waals surface area contributed by atoms with E-state index in [1.807, 2.05) is 30.3 Å². The van der Waals surface area contributed by atoms with Crippen LogP contribution in [-0.4, -0.2) is 31.5 Å². The molecule has 0 radical (unpaired) electrons. The van der Waals surface area contributed by atoms with Gasteiger partial charge in [0.25, 0.3) is 0 Å². The number of nitrogens with zero attached hydrogens (tertiary/aromatic N) is 2. The summed E-state index contributed by atoms with van der Waals surface area (Å²) < 4.78 is 0. The van der Waals surface area contributed by atoms with Gasteiger partial charge >= 0.3 is 0 Å². The second-order valence-corrected chi connectivity index (χ2v) is 5.79. The first-order chi connectivity index (χ1) is 11.1. The topological polar surface area (TPSA) is 53.6 Å². The Bertz CT molecular complexity index is 624. The fourth-order valence-corrected chi connectivity index (χ4v) is 2.44. The maximum Gasteiger partial charge on any atom is 0.193 e. The maximum absolute atomic E-state index is 6.02. The van der Waals surface area contributed by atoms with Gasteiger partial charge in [0.15, 0.2) is 5.96 Å². The molecule has 2 aromatic carbocycles. The highest BCUT2D eigenvalue weighted by molar-refractivity contribution is 14.0. The second kappa shape index (κ2) is 10.3. The van der Waals surface area contributed by atoms with Gasteiger partial charge in [0.2, 0.25) is 0 Å². The van der Waals surface area contributed by atoms with Crippen molar-refractivity contribution in [3.63, 3.8) is 0 Å². The van der Waals surface area contributed by atoms with Gasteiger partial charge < -0.3 is 16.0 Å². The Kier molecular flexibility index (Phi) is 8.78. The van der Waals surface area contributed by atoms with Gasteiger partial charge in [0, 0.05) is 5.69 Å². The van der Waals surface area contributed by atoms with Crippen LogP contribution in [0.25, 0.3) is 0 Å². The molecule has 0 fully saturated rings. The standard InChI is InChI=1S/C19H26N4.HI/c1-4-15-10-12-17(13-11-15)22-19(20)21-14-18(23(2)3)16-8-6-5-7-9-16;/h5-13,18H,4,14H2,1-3H3,(H3,20,21,22);1H. The predicted octanol–water partition coefficient (Wildman–Crippen LogP) is 3.90. The third-order valence-electron chi connectivity index (χ3n) is 3.88. The minimum Gasteiger partial charge on any atom is -0.370 e. The van der Waals surface area contributed by atoms with E-state index >= 15 is 0 Å². The first-order valence-electron chi connectivity index (χ1n) is 7.97. The summed E-state index contributed by atoms with van der Waals surface area (Å²) in [6.45, 7) is 2.76. The Hall–Kier alpha value is -1.60. The predicted molar refractivity (Wildman–Crippen MR) is 114 cm³/mol. The number of hydrogen-bond donors (Lipinski definition) is 2. The molecule has 0 aromatic heterocycles. The number of likely N-dealkylation sites (N-methyl/N-ethyl adjacent to an activating group) is 1. The molecule has 0 aliphatic carbocycles. The summed E-state index contributed by atoms with van der Waals surface area (Å²) in [7, 11) is 4.11. The molecule has 3 N–H and O–H groups in total. The zero-order valence-electron chi connectivity index (χ0n) is 14.6. The van der Waals surface area contributed by atoms with Crippen LogP contribution in [0.15, 0.2) is 59.6 Å². The number of guanidine groups is 1. The van der Waals surface area contributed by atoms with E-state index in [1.54, 1.807) is 0 Å². The summed E-state index contributed by atoms with van der Waals surface area (Å²) in [5.41, 5.74) is 9.53. The number of aryl methyl sites for hydroxylation is 1. The van der Waals surface area contributed by atoms with Gasteiger partial charge in [-0.25, -0.2) is 0 Å². The third-order valence-corrected chi connectivity index (χ3v) is 3.88. The Labute approximate surface area is 162 Å². The number of hydrogen-bond acceptors (Lipinski definition) is 2. The lowest BCUT2D eigenvalue weighted by atomic mass is 10.1. The van der Waals surface area contributed by atoms with E-state index in [0.29, 0.717) is 12.5 Å². The quantitative estimate of drug-likeness (QED) is 0.409. The summed E-state index contributed by atoms with van der Waals surface area (Å²) in [6, 6.07) is 18.8. The van der Waals surface area contributed by atoms with E-state index < -0.39 is 0 Å². The second-order valence-electron chi connectivity index (χ2n) is 5.79. The Balaban J connectivity index is 0.00000288. The summed E-state index contributed by atoms with van der Waals surface area (Å²) in [5, 5.41) is 3.15. The zero-order chi connectivity index (χ0) is 16.7. The fourth-order valence-electron chi connectivity index (χ4n) is 2.44. The molecule has 2 rings (SSSR count).